The third-order valence-electron chi connectivity index (χ3n) is 7.97. The number of amides is 3. The monoisotopic (exact) mass is 658 g/mol. The second-order valence-corrected chi connectivity index (χ2v) is 11.6. The molecule has 2 aliphatic rings. The van der Waals surface area contributed by atoms with Crippen molar-refractivity contribution in [1.82, 2.24) is 19.4 Å². The van der Waals surface area contributed by atoms with Gasteiger partial charge >= 0.3 is 0 Å². The number of halogens is 3. The molecule has 244 valence electrons. The largest absolute Gasteiger partial charge is 0.554 e. The fourth-order valence-electron chi connectivity index (χ4n) is 5.39. The van der Waals surface area contributed by atoms with E-state index < -0.39 is 24.0 Å². The van der Waals surface area contributed by atoms with Crippen LogP contribution in [0.1, 0.15) is 21.0 Å². The molecule has 2 aromatic carbocycles. The maximum atomic E-state index is 14.6. The number of carboxylic acid groups (broad SMARTS) is 1. The average Bonchev–Trinajstić information content (AvgIpc) is 3.59. The molecule has 0 bridgehead atoms. The van der Waals surface area contributed by atoms with Gasteiger partial charge in [0.1, 0.15) is 0 Å². The van der Waals surface area contributed by atoms with E-state index in [1.165, 1.54) is 49.2 Å². The van der Waals surface area contributed by atoms with Crippen molar-refractivity contribution < 1.29 is 42.3 Å². The number of rotatable bonds is 6. The normalized spacial score (nSPS) is 16.8. The molecule has 46 heavy (non-hydrogen) atoms. The lowest BCUT2D eigenvalue weighted by molar-refractivity contribution is -0.889. The first-order valence-electron chi connectivity index (χ1n) is 14.1. The number of benzene rings is 2. The molecule has 1 fully saturated rings. The minimum atomic E-state index is -1.14. The van der Waals surface area contributed by atoms with E-state index in [0.29, 0.717) is 36.3 Å². The molecule has 5 rings (SSSR count). The zero-order chi connectivity index (χ0) is 33.8. The molecule has 1 saturated heterocycles. The Morgan fingerprint density at radius 1 is 1.09 bits per heavy atom. The van der Waals surface area contributed by atoms with Crippen LogP contribution in [0.2, 0.25) is 5.02 Å². The van der Waals surface area contributed by atoms with Crippen LogP contribution in [0, 0.1) is 11.6 Å². The Labute approximate surface area is 269 Å². The van der Waals surface area contributed by atoms with Gasteiger partial charge in [0.15, 0.2) is 23.4 Å². The Balaban J connectivity index is 0.00000154. The molecule has 1 atom stereocenters. The second kappa shape index (κ2) is 14.1. The van der Waals surface area contributed by atoms with Crippen LogP contribution in [0.4, 0.5) is 14.5 Å². The predicted octanol–water partition coefficient (Wildman–Crippen LogP) is 1.94. The third kappa shape index (κ3) is 6.87. The molecular weight excluding hydrogens is 626 g/mol. The fourth-order valence-corrected chi connectivity index (χ4v) is 5.65. The lowest BCUT2D eigenvalue weighted by Gasteiger charge is -2.38. The molecule has 12 nitrogen and oxygen atoms in total. The van der Waals surface area contributed by atoms with Gasteiger partial charge in [-0.1, -0.05) is 11.6 Å². The van der Waals surface area contributed by atoms with Crippen LogP contribution in [-0.4, -0.2) is 108 Å². The van der Waals surface area contributed by atoms with Crippen LogP contribution < -0.4 is 15.2 Å². The van der Waals surface area contributed by atoms with Crippen molar-refractivity contribution in [1.29, 1.82) is 0 Å². The van der Waals surface area contributed by atoms with Gasteiger partial charge in [0.05, 0.1) is 50.2 Å². The summed E-state index contributed by atoms with van der Waals surface area (Å²) in [5, 5.41) is 11.1. The van der Waals surface area contributed by atoms with Gasteiger partial charge in [-0.05, 0) is 42.5 Å². The van der Waals surface area contributed by atoms with Gasteiger partial charge < -0.3 is 38.8 Å². The van der Waals surface area contributed by atoms with Gasteiger partial charge in [-0.3, -0.25) is 14.4 Å². The lowest BCUT2D eigenvalue weighted by Crippen LogP contribution is -2.58. The Bertz CT molecular complexity index is 1690. The number of nitrogens with zero attached hydrogens (tertiary/aromatic N) is 5. The van der Waals surface area contributed by atoms with Crippen LogP contribution >= 0.6 is 11.6 Å². The summed E-state index contributed by atoms with van der Waals surface area (Å²) < 4.78 is 35.6. The Kier molecular flexibility index (Phi) is 10.4. The highest BCUT2D eigenvalue weighted by Gasteiger charge is 2.39. The second-order valence-electron chi connectivity index (χ2n) is 11.2. The van der Waals surface area contributed by atoms with Gasteiger partial charge in [-0.2, -0.15) is 4.39 Å². The van der Waals surface area contributed by atoms with Gasteiger partial charge in [-0.25, -0.2) is 9.37 Å². The summed E-state index contributed by atoms with van der Waals surface area (Å²) in [6.07, 6.45) is 5.25. The number of imidazole rings is 1. The van der Waals surface area contributed by atoms with Gasteiger partial charge in [-0.15, -0.1) is 0 Å². The summed E-state index contributed by atoms with van der Waals surface area (Å²) in [7, 11) is 6.79. The van der Waals surface area contributed by atoms with Crippen LogP contribution in [0.15, 0.2) is 48.7 Å². The predicted molar refractivity (Wildman–Crippen MR) is 163 cm³/mol. The summed E-state index contributed by atoms with van der Waals surface area (Å²) >= 11 is 6.46. The van der Waals surface area contributed by atoms with E-state index >= 15 is 0 Å². The highest BCUT2D eigenvalue weighted by molar-refractivity contribution is 6.34. The molecule has 3 amide bonds. The van der Waals surface area contributed by atoms with Crippen LogP contribution in [0.3, 0.4) is 0 Å². The Morgan fingerprint density at radius 3 is 2.33 bits per heavy atom. The third-order valence-corrected chi connectivity index (χ3v) is 8.28. The number of piperazine rings is 1. The first kappa shape index (κ1) is 34.1. The number of likely N-dealkylation sites (N-methyl/N-ethyl adjacent to an activating group) is 1. The van der Waals surface area contributed by atoms with E-state index in [2.05, 4.69) is 10.3 Å². The highest BCUT2D eigenvalue weighted by Crippen LogP contribution is 2.30. The summed E-state index contributed by atoms with van der Waals surface area (Å²) in [5.74, 6) is -3.37. The van der Waals surface area contributed by atoms with Crippen LogP contribution in [-0.2, 0) is 16.6 Å². The number of quaternary nitrogens is 1. The van der Waals surface area contributed by atoms with E-state index in [-0.39, 0.29) is 51.3 Å². The lowest BCUT2D eigenvalue weighted by atomic mass is 10.1. The molecule has 0 spiro atoms. The molecule has 0 saturated carbocycles. The number of nitrogens with one attached hydrogen (secondary N) is 1. The quantitative estimate of drug-likeness (QED) is 0.243. The van der Waals surface area contributed by atoms with Crippen molar-refractivity contribution in [2.45, 2.75) is 6.04 Å². The number of hydrogen-bond donors (Lipinski definition) is 1. The zero-order valence-corrected chi connectivity index (χ0v) is 26.4. The van der Waals surface area contributed by atoms with E-state index in [0.717, 1.165) is 6.54 Å². The number of carbonyl (C=O) groups is 4. The van der Waals surface area contributed by atoms with Gasteiger partial charge in [0, 0.05) is 50.9 Å². The summed E-state index contributed by atoms with van der Waals surface area (Å²) in [5.41, 5.74) is 0.695. The summed E-state index contributed by atoms with van der Waals surface area (Å²) in [6.45, 7) is 1.92. The number of ether oxygens (including phenoxy) is 1. The minimum absolute atomic E-state index is 0.0513. The maximum absolute atomic E-state index is 14.6. The van der Waals surface area contributed by atoms with E-state index in [1.807, 2.05) is 26.2 Å². The molecule has 0 unspecified atom stereocenters. The van der Waals surface area contributed by atoms with Crippen molar-refractivity contribution >= 4 is 41.5 Å². The molecule has 0 radical (unpaired) electrons. The van der Waals surface area contributed by atoms with Crippen molar-refractivity contribution in [3.8, 4) is 17.0 Å². The molecule has 1 aromatic heterocycles. The maximum Gasteiger partial charge on any atom is 0.291 e. The molecule has 2 aliphatic heterocycles. The molecular formula is C31H33ClF2N6O6. The van der Waals surface area contributed by atoms with E-state index in [1.54, 1.807) is 15.9 Å². The van der Waals surface area contributed by atoms with E-state index in [9.17, 15) is 23.2 Å². The number of aromatic nitrogens is 2. The minimum Gasteiger partial charge on any atom is -0.554 e. The van der Waals surface area contributed by atoms with Crippen LogP contribution in [0.5, 0.6) is 5.75 Å². The molecule has 3 heterocycles. The number of anilines is 1. The number of methoxy groups -OCH3 is 1. The topological polar surface area (TPSA) is 137 Å². The standard InChI is InChI=1S/C30H31ClF2N6O4.CH2O2/c1-36-22(20-9-10-24(43-4)26(33)25(20)32)17-34-27(36)28(40)35-18-7-8-19(21(31)16-18)29(41)37-11-13-38(14-12-37)30(42)23-6-5-15-39(23,2)3;2-1-3/h5-10,16-17,23H,11-15H2,1-4H3;1H,(H,2,3)/t23-;/m0./s1. The summed E-state index contributed by atoms with van der Waals surface area (Å²) in [6, 6.07) is 6.95. The number of hydrogen-bond acceptors (Lipinski definition) is 7. The van der Waals surface area contributed by atoms with Gasteiger partial charge in [0.2, 0.25) is 5.82 Å². The molecule has 3 aromatic rings. The summed E-state index contributed by atoms with van der Waals surface area (Å²) in [4.78, 5) is 55.1. The Morgan fingerprint density at radius 2 is 1.74 bits per heavy atom. The zero-order valence-electron chi connectivity index (χ0n) is 25.6. The van der Waals surface area contributed by atoms with Crippen molar-refractivity contribution in [3.63, 3.8) is 0 Å². The molecule has 0 aliphatic carbocycles. The first-order valence-corrected chi connectivity index (χ1v) is 14.5. The highest BCUT2D eigenvalue weighted by atomic mass is 35.5. The number of carbonyl (C=O) groups excluding carboxylic acids is 4. The van der Waals surface area contributed by atoms with Crippen molar-refractivity contribution in [2.75, 3.05) is 59.2 Å². The smallest absolute Gasteiger partial charge is 0.291 e. The fraction of sp³-hybridized carbons (Fsp3) is 0.323. The van der Waals surface area contributed by atoms with Crippen molar-refractivity contribution in [3.05, 3.63) is 76.7 Å². The van der Waals surface area contributed by atoms with E-state index in [4.69, 9.17) is 26.2 Å². The Hall–Kier alpha value is -4.82. The van der Waals surface area contributed by atoms with Crippen LogP contribution in [0.25, 0.3) is 11.3 Å². The SMILES string of the molecule is COc1ccc(-c2cnc(C(=O)Nc3ccc(C(=O)N4CCN(C(=O)[C@@H]5C=CC[N+]5(C)C)CC4)c(Cl)c3)n2C)c(F)c1F.O=C[O-]. The van der Waals surface area contributed by atoms with Crippen molar-refractivity contribution in [2.24, 2.45) is 7.05 Å². The van der Waals surface area contributed by atoms with Gasteiger partial charge in [0.25, 0.3) is 17.7 Å². The average molecular weight is 659 g/mol. The first-order chi connectivity index (χ1) is 21.8. The molecule has 15 heteroatoms. The molecule has 1 N–H and O–H groups in total.